The van der Waals surface area contributed by atoms with Gasteiger partial charge in [0.1, 0.15) is 16.6 Å². The molecule has 3 rings (SSSR count). The first-order chi connectivity index (χ1) is 13.7. The second kappa shape index (κ2) is 9.13. The monoisotopic (exact) mass is 425 g/mol. The van der Waals surface area contributed by atoms with E-state index in [1.165, 1.54) is 0 Å². The number of carbonyl (C=O) groups is 2. The summed E-state index contributed by atoms with van der Waals surface area (Å²) in [5.74, 6) is 0.310. The van der Waals surface area contributed by atoms with Gasteiger partial charge < -0.3 is 24.6 Å². The second-order valence-electron chi connectivity index (χ2n) is 8.19. The number of hydrogen-bond acceptors (Lipinski definition) is 7. The molecule has 0 aromatic carbocycles. The van der Waals surface area contributed by atoms with E-state index < -0.39 is 5.60 Å². The fraction of sp³-hybridized carbons (Fsp3) is 0.684. The summed E-state index contributed by atoms with van der Waals surface area (Å²) in [6.45, 7) is 9.18. The molecule has 0 radical (unpaired) electrons. The highest BCUT2D eigenvalue weighted by Crippen LogP contribution is 2.19. The number of piperidine rings is 1. The van der Waals surface area contributed by atoms with Crippen molar-refractivity contribution in [2.45, 2.75) is 45.3 Å². The Morgan fingerprint density at radius 1 is 1.17 bits per heavy atom. The number of rotatable bonds is 3. The average Bonchev–Trinajstić information content (AvgIpc) is 2.67. The number of likely N-dealkylation sites (tertiary alicyclic amines) is 1. The second-order valence-corrected chi connectivity index (χ2v) is 8.57. The third-order valence-corrected chi connectivity index (χ3v) is 4.90. The summed E-state index contributed by atoms with van der Waals surface area (Å²) >= 11 is 6.12. The van der Waals surface area contributed by atoms with Crippen molar-refractivity contribution in [2.75, 3.05) is 44.3 Å². The van der Waals surface area contributed by atoms with E-state index in [0.717, 1.165) is 0 Å². The third-order valence-electron chi connectivity index (χ3n) is 4.70. The minimum absolute atomic E-state index is 0.0496. The van der Waals surface area contributed by atoms with E-state index in [-0.39, 0.29) is 29.0 Å². The van der Waals surface area contributed by atoms with E-state index in [1.807, 2.05) is 25.7 Å². The zero-order valence-electron chi connectivity index (χ0n) is 17.1. The summed E-state index contributed by atoms with van der Waals surface area (Å²) in [4.78, 5) is 37.0. The number of nitrogens with one attached hydrogen (secondary N) is 1. The first-order valence-electron chi connectivity index (χ1n) is 9.87. The molecule has 29 heavy (non-hydrogen) atoms. The van der Waals surface area contributed by atoms with Gasteiger partial charge in [-0.25, -0.2) is 14.8 Å². The standard InChI is InChI=1S/C19H28ClN5O4/c1-19(2,3)29-18(27)25-6-4-13(5-7-25)21-17(26)16-22-14(20)12-15(23-16)24-8-10-28-11-9-24/h12-13H,4-11H2,1-3H3,(H,21,26). The fourth-order valence-electron chi connectivity index (χ4n) is 3.24. The lowest BCUT2D eigenvalue weighted by Crippen LogP contribution is -2.48. The molecule has 1 aromatic heterocycles. The van der Waals surface area contributed by atoms with Crippen LogP contribution in [0.4, 0.5) is 10.6 Å². The van der Waals surface area contributed by atoms with Crippen molar-refractivity contribution in [3.8, 4) is 0 Å². The Labute approximate surface area is 175 Å². The first kappa shape index (κ1) is 21.6. The molecule has 9 nitrogen and oxygen atoms in total. The predicted octanol–water partition coefficient (Wildman–Crippen LogP) is 2.10. The molecule has 0 saturated carbocycles. The molecule has 2 saturated heterocycles. The highest BCUT2D eigenvalue weighted by Gasteiger charge is 2.28. The van der Waals surface area contributed by atoms with Crippen molar-refractivity contribution in [1.29, 1.82) is 0 Å². The molecular weight excluding hydrogens is 398 g/mol. The molecule has 1 aromatic rings. The highest BCUT2D eigenvalue weighted by atomic mass is 35.5. The van der Waals surface area contributed by atoms with Crippen molar-refractivity contribution >= 4 is 29.4 Å². The summed E-state index contributed by atoms with van der Waals surface area (Å²) in [5, 5.41) is 3.18. The summed E-state index contributed by atoms with van der Waals surface area (Å²) < 4.78 is 10.7. The zero-order valence-corrected chi connectivity index (χ0v) is 17.9. The van der Waals surface area contributed by atoms with Crippen molar-refractivity contribution < 1.29 is 19.1 Å². The first-order valence-corrected chi connectivity index (χ1v) is 10.2. The molecule has 10 heteroatoms. The molecule has 2 aliphatic heterocycles. The molecule has 2 amide bonds. The van der Waals surface area contributed by atoms with Crippen LogP contribution in [0.1, 0.15) is 44.2 Å². The lowest BCUT2D eigenvalue weighted by Gasteiger charge is -2.33. The Morgan fingerprint density at radius 2 is 1.83 bits per heavy atom. The van der Waals surface area contributed by atoms with Gasteiger partial charge in [0.05, 0.1) is 13.2 Å². The van der Waals surface area contributed by atoms with Gasteiger partial charge in [0, 0.05) is 38.3 Å². The van der Waals surface area contributed by atoms with Crippen LogP contribution in [-0.4, -0.2) is 77.9 Å². The molecule has 0 unspecified atom stereocenters. The van der Waals surface area contributed by atoms with Crippen molar-refractivity contribution in [2.24, 2.45) is 0 Å². The highest BCUT2D eigenvalue weighted by molar-refractivity contribution is 6.29. The zero-order chi connectivity index (χ0) is 21.0. The molecule has 160 valence electrons. The molecule has 1 N–H and O–H groups in total. The number of ether oxygens (including phenoxy) is 2. The van der Waals surface area contributed by atoms with Gasteiger partial charge in [-0.3, -0.25) is 4.79 Å². The van der Waals surface area contributed by atoms with Gasteiger partial charge in [-0.05, 0) is 33.6 Å². The van der Waals surface area contributed by atoms with Gasteiger partial charge in [0.2, 0.25) is 5.82 Å². The van der Waals surface area contributed by atoms with Gasteiger partial charge in [-0.1, -0.05) is 11.6 Å². The van der Waals surface area contributed by atoms with E-state index in [9.17, 15) is 9.59 Å². The average molecular weight is 426 g/mol. The number of carbonyl (C=O) groups excluding carboxylic acids is 2. The smallest absolute Gasteiger partial charge is 0.410 e. The Hall–Kier alpha value is -2.13. The number of anilines is 1. The summed E-state index contributed by atoms with van der Waals surface area (Å²) in [5.41, 5.74) is -0.524. The molecule has 0 bridgehead atoms. The third kappa shape index (κ3) is 6.17. The van der Waals surface area contributed by atoms with Crippen LogP contribution in [-0.2, 0) is 9.47 Å². The SMILES string of the molecule is CC(C)(C)OC(=O)N1CCC(NC(=O)c2nc(Cl)cc(N3CCOCC3)n2)CC1. The number of halogens is 1. The predicted molar refractivity (Wildman–Crippen MR) is 108 cm³/mol. The summed E-state index contributed by atoms with van der Waals surface area (Å²) in [6.07, 6.45) is 0.958. The Bertz CT molecular complexity index is 741. The number of morpholine rings is 1. The quantitative estimate of drug-likeness (QED) is 0.740. The number of hydrogen-bond donors (Lipinski definition) is 1. The van der Waals surface area contributed by atoms with E-state index in [4.69, 9.17) is 21.1 Å². The van der Waals surface area contributed by atoms with Crippen LogP contribution in [0.15, 0.2) is 6.07 Å². The minimum Gasteiger partial charge on any atom is -0.444 e. The van der Waals surface area contributed by atoms with Crippen molar-refractivity contribution in [1.82, 2.24) is 20.2 Å². The van der Waals surface area contributed by atoms with Gasteiger partial charge in [-0.15, -0.1) is 0 Å². The number of aromatic nitrogens is 2. The van der Waals surface area contributed by atoms with Gasteiger partial charge in [0.25, 0.3) is 5.91 Å². The molecule has 3 heterocycles. The summed E-state index contributed by atoms with van der Waals surface area (Å²) in [7, 11) is 0. The van der Waals surface area contributed by atoms with Crippen LogP contribution in [0, 0.1) is 0 Å². The normalized spacial score (nSPS) is 18.5. The molecule has 0 aliphatic carbocycles. The number of amides is 2. The van der Waals surface area contributed by atoms with Crippen LogP contribution < -0.4 is 10.2 Å². The van der Waals surface area contributed by atoms with Gasteiger partial charge in [0.15, 0.2) is 0 Å². The Balaban J connectivity index is 1.56. The lowest BCUT2D eigenvalue weighted by atomic mass is 10.1. The van der Waals surface area contributed by atoms with Crippen LogP contribution in [0.3, 0.4) is 0 Å². The molecule has 0 spiro atoms. The number of nitrogens with zero attached hydrogens (tertiary/aromatic N) is 4. The van der Waals surface area contributed by atoms with Crippen LogP contribution in [0.2, 0.25) is 5.15 Å². The van der Waals surface area contributed by atoms with Gasteiger partial charge in [-0.2, -0.15) is 0 Å². The topological polar surface area (TPSA) is 96.9 Å². The maximum atomic E-state index is 12.7. The summed E-state index contributed by atoms with van der Waals surface area (Å²) in [6, 6.07) is 1.60. The minimum atomic E-state index is -0.524. The largest absolute Gasteiger partial charge is 0.444 e. The lowest BCUT2D eigenvalue weighted by molar-refractivity contribution is 0.0199. The van der Waals surface area contributed by atoms with Crippen LogP contribution >= 0.6 is 11.6 Å². The maximum Gasteiger partial charge on any atom is 0.410 e. The Kier molecular flexibility index (Phi) is 6.79. The molecule has 0 atom stereocenters. The maximum absolute atomic E-state index is 12.7. The van der Waals surface area contributed by atoms with Gasteiger partial charge >= 0.3 is 6.09 Å². The van der Waals surface area contributed by atoms with E-state index in [1.54, 1.807) is 11.0 Å². The van der Waals surface area contributed by atoms with Crippen molar-refractivity contribution in [3.05, 3.63) is 17.0 Å². The van der Waals surface area contributed by atoms with Crippen LogP contribution in [0.25, 0.3) is 0 Å². The van der Waals surface area contributed by atoms with Crippen LogP contribution in [0.5, 0.6) is 0 Å². The fourth-order valence-corrected chi connectivity index (χ4v) is 3.42. The molecule has 2 fully saturated rings. The van der Waals surface area contributed by atoms with E-state index in [2.05, 4.69) is 15.3 Å². The van der Waals surface area contributed by atoms with Crippen molar-refractivity contribution in [3.63, 3.8) is 0 Å². The Morgan fingerprint density at radius 3 is 2.45 bits per heavy atom. The molecule has 2 aliphatic rings. The van der Waals surface area contributed by atoms with E-state index in [0.29, 0.717) is 58.1 Å². The van der Waals surface area contributed by atoms with E-state index >= 15 is 0 Å². The molecular formula is C19H28ClN5O4.